The molecule has 0 saturated carbocycles. The molecule has 0 radical (unpaired) electrons. The zero-order valence-electron chi connectivity index (χ0n) is 17.0. The van der Waals surface area contributed by atoms with Crippen LogP contribution in [0.3, 0.4) is 0 Å². The first-order valence-corrected chi connectivity index (χ1v) is 9.40. The molecule has 0 aromatic heterocycles. The highest BCUT2D eigenvalue weighted by atomic mass is 16.7. The Hall–Kier alpha value is -0.940. The maximum absolute atomic E-state index is 6.59. The first kappa shape index (κ1) is 20.4. The van der Waals surface area contributed by atoms with Crippen LogP contribution < -0.4 is 0 Å². The molecule has 1 fully saturated rings. The lowest BCUT2D eigenvalue weighted by atomic mass is 9.73. The Morgan fingerprint density at radius 3 is 2.04 bits per heavy atom. The van der Waals surface area contributed by atoms with Crippen molar-refractivity contribution in [3.8, 4) is 0 Å². The largest absolute Gasteiger partial charge is 0.353 e. The van der Waals surface area contributed by atoms with Crippen LogP contribution in [0.1, 0.15) is 72.0 Å². The van der Waals surface area contributed by atoms with Crippen LogP contribution in [0.2, 0.25) is 0 Å². The summed E-state index contributed by atoms with van der Waals surface area (Å²) in [5.74, 6) is -0.564. The van der Waals surface area contributed by atoms with Crippen molar-refractivity contribution in [2.24, 2.45) is 0 Å². The number of ether oxygens (including phenoxy) is 2. The molecule has 0 amide bonds. The highest BCUT2D eigenvalue weighted by Gasteiger charge is 2.57. The SMILES string of the molecule is CCC1(CC)CC(OC)(OC)CC(C)(C)N1OC(C)c1ccccc1. The quantitative estimate of drug-likeness (QED) is 0.641. The first-order valence-electron chi connectivity index (χ1n) is 9.40. The summed E-state index contributed by atoms with van der Waals surface area (Å²) in [6.45, 7) is 11.0. The van der Waals surface area contributed by atoms with Gasteiger partial charge in [-0.3, -0.25) is 4.84 Å². The van der Waals surface area contributed by atoms with Crippen LogP contribution in [-0.2, 0) is 14.3 Å². The normalized spacial score (nSPS) is 23.3. The van der Waals surface area contributed by atoms with Crippen LogP contribution in [-0.4, -0.2) is 36.1 Å². The Morgan fingerprint density at radius 1 is 1.00 bits per heavy atom. The summed E-state index contributed by atoms with van der Waals surface area (Å²) in [7, 11) is 3.50. The lowest BCUT2D eigenvalue weighted by molar-refractivity contribution is -0.367. The lowest BCUT2D eigenvalue weighted by Gasteiger charge is -2.59. The summed E-state index contributed by atoms with van der Waals surface area (Å²) in [4.78, 5) is 6.59. The second-order valence-corrected chi connectivity index (χ2v) is 7.87. The molecular formula is C21H35NO3. The molecule has 0 spiro atoms. The van der Waals surface area contributed by atoms with E-state index in [1.807, 2.05) is 6.07 Å². The van der Waals surface area contributed by atoms with Gasteiger partial charge in [0.25, 0.3) is 0 Å². The van der Waals surface area contributed by atoms with Gasteiger partial charge in [0.05, 0.1) is 5.54 Å². The first-order chi connectivity index (χ1) is 11.8. The van der Waals surface area contributed by atoms with Crippen molar-refractivity contribution < 1.29 is 14.3 Å². The van der Waals surface area contributed by atoms with Crippen molar-refractivity contribution in [3.05, 3.63) is 35.9 Å². The minimum Gasteiger partial charge on any atom is -0.353 e. The van der Waals surface area contributed by atoms with Gasteiger partial charge in [-0.1, -0.05) is 44.2 Å². The molecule has 25 heavy (non-hydrogen) atoms. The molecule has 0 N–H and O–H groups in total. The lowest BCUT2D eigenvalue weighted by Crippen LogP contribution is -2.68. The number of rotatable bonds is 7. The average Bonchev–Trinajstić information content (AvgIpc) is 2.63. The second-order valence-electron chi connectivity index (χ2n) is 7.87. The third-order valence-electron chi connectivity index (χ3n) is 5.87. The fraction of sp³-hybridized carbons (Fsp3) is 0.714. The molecule has 2 rings (SSSR count). The molecule has 4 nitrogen and oxygen atoms in total. The molecule has 1 aliphatic rings. The van der Waals surface area contributed by atoms with Crippen LogP contribution in [0, 0.1) is 0 Å². The number of hydroxylamine groups is 2. The fourth-order valence-corrected chi connectivity index (χ4v) is 4.37. The average molecular weight is 350 g/mol. The maximum Gasteiger partial charge on any atom is 0.171 e. The highest BCUT2D eigenvalue weighted by Crippen LogP contribution is 2.49. The highest BCUT2D eigenvalue weighted by molar-refractivity contribution is 5.17. The van der Waals surface area contributed by atoms with Crippen molar-refractivity contribution >= 4 is 0 Å². The van der Waals surface area contributed by atoms with Gasteiger partial charge in [0.2, 0.25) is 0 Å². The van der Waals surface area contributed by atoms with Gasteiger partial charge in [0.1, 0.15) is 6.10 Å². The smallest absolute Gasteiger partial charge is 0.171 e. The van der Waals surface area contributed by atoms with E-state index in [9.17, 15) is 0 Å². The fourth-order valence-electron chi connectivity index (χ4n) is 4.37. The summed E-state index contributed by atoms with van der Waals surface area (Å²) in [5.41, 5.74) is 0.852. The summed E-state index contributed by atoms with van der Waals surface area (Å²) in [6.07, 6.45) is 3.50. The molecule has 142 valence electrons. The van der Waals surface area contributed by atoms with Gasteiger partial charge in [-0.2, -0.15) is 5.06 Å². The van der Waals surface area contributed by atoms with E-state index in [1.165, 1.54) is 5.56 Å². The predicted octanol–water partition coefficient (Wildman–Crippen LogP) is 5.10. The monoisotopic (exact) mass is 349 g/mol. The molecule has 1 aromatic rings. The standard InChI is InChI=1S/C21H35NO3/c1-8-20(9-2)16-21(23-6,24-7)15-19(4,5)22(20)25-17(3)18-13-11-10-12-14-18/h10-14,17H,8-9,15-16H2,1-7H3. The second kappa shape index (κ2) is 7.75. The number of piperidine rings is 1. The van der Waals surface area contributed by atoms with E-state index >= 15 is 0 Å². The Labute approximate surface area is 153 Å². The number of hydrogen-bond donors (Lipinski definition) is 0. The molecule has 1 aromatic carbocycles. The van der Waals surface area contributed by atoms with Crippen molar-refractivity contribution in [2.75, 3.05) is 14.2 Å². The van der Waals surface area contributed by atoms with E-state index in [0.29, 0.717) is 0 Å². The van der Waals surface area contributed by atoms with Gasteiger partial charge in [-0.25, -0.2) is 0 Å². The number of methoxy groups -OCH3 is 2. The molecule has 1 saturated heterocycles. The van der Waals surface area contributed by atoms with E-state index in [-0.39, 0.29) is 17.2 Å². The summed E-state index contributed by atoms with van der Waals surface area (Å²) < 4.78 is 11.7. The molecule has 1 unspecified atom stereocenters. The van der Waals surface area contributed by atoms with E-state index < -0.39 is 5.79 Å². The zero-order chi connectivity index (χ0) is 18.7. The van der Waals surface area contributed by atoms with Gasteiger partial charge < -0.3 is 9.47 Å². The van der Waals surface area contributed by atoms with Crippen LogP contribution >= 0.6 is 0 Å². The summed E-state index contributed by atoms with van der Waals surface area (Å²) in [5, 5.41) is 2.24. The van der Waals surface area contributed by atoms with Crippen molar-refractivity contribution in [1.29, 1.82) is 0 Å². The van der Waals surface area contributed by atoms with Gasteiger partial charge in [0.15, 0.2) is 5.79 Å². The molecule has 1 atom stereocenters. The molecule has 4 heteroatoms. The number of nitrogens with zero attached hydrogens (tertiary/aromatic N) is 1. The maximum atomic E-state index is 6.59. The van der Waals surface area contributed by atoms with E-state index in [2.05, 4.69) is 63.9 Å². The minimum absolute atomic E-state index is 0.00413. The van der Waals surface area contributed by atoms with Crippen molar-refractivity contribution in [2.45, 2.75) is 83.3 Å². The Balaban J connectivity index is 2.36. The van der Waals surface area contributed by atoms with Gasteiger partial charge >= 0.3 is 0 Å². The molecule has 1 aliphatic heterocycles. The molecule has 0 bridgehead atoms. The zero-order valence-corrected chi connectivity index (χ0v) is 17.0. The van der Waals surface area contributed by atoms with Gasteiger partial charge in [-0.05, 0) is 39.2 Å². The number of hydrogen-bond acceptors (Lipinski definition) is 4. The van der Waals surface area contributed by atoms with Crippen LogP contribution in [0.15, 0.2) is 30.3 Å². The Bertz CT molecular complexity index is 535. The van der Waals surface area contributed by atoms with E-state index in [0.717, 1.165) is 25.7 Å². The van der Waals surface area contributed by atoms with Crippen LogP contribution in [0.25, 0.3) is 0 Å². The topological polar surface area (TPSA) is 30.9 Å². The van der Waals surface area contributed by atoms with E-state index in [4.69, 9.17) is 14.3 Å². The van der Waals surface area contributed by atoms with Crippen molar-refractivity contribution in [3.63, 3.8) is 0 Å². The Kier molecular flexibility index (Phi) is 6.31. The summed E-state index contributed by atoms with van der Waals surface area (Å²) >= 11 is 0. The third kappa shape index (κ3) is 3.92. The predicted molar refractivity (Wildman–Crippen MR) is 101 cm³/mol. The van der Waals surface area contributed by atoms with Crippen LogP contribution in [0.5, 0.6) is 0 Å². The van der Waals surface area contributed by atoms with Crippen molar-refractivity contribution in [1.82, 2.24) is 5.06 Å². The van der Waals surface area contributed by atoms with Gasteiger partial charge in [-0.15, -0.1) is 0 Å². The summed E-state index contributed by atoms with van der Waals surface area (Å²) in [6, 6.07) is 10.4. The molecule has 1 heterocycles. The Morgan fingerprint density at radius 2 is 1.56 bits per heavy atom. The molecular weight excluding hydrogens is 314 g/mol. The number of benzene rings is 1. The van der Waals surface area contributed by atoms with E-state index in [1.54, 1.807) is 14.2 Å². The third-order valence-corrected chi connectivity index (χ3v) is 5.87. The molecule has 0 aliphatic carbocycles. The van der Waals surface area contributed by atoms with Crippen LogP contribution in [0.4, 0.5) is 0 Å². The minimum atomic E-state index is -0.564. The van der Waals surface area contributed by atoms with Gasteiger partial charge in [0, 0.05) is 32.6 Å².